The Morgan fingerprint density at radius 3 is 2.38 bits per heavy atom. The molecule has 1 aliphatic heterocycles. The van der Waals surface area contributed by atoms with Crippen molar-refractivity contribution < 1.29 is 18.0 Å². The fourth-order valence-electron chi connectivity index (χ4n) is 4.24. The van der Waals surface area contributed by atoms with Crippen LogP contribution in [0.1, 0.15) is 23.1 Å². The van der Waals surface area contributed by atoms with Gasteiger partial charge in [0, 0.05) is 17.9 Å². The third-order valence-corrected chi connectivity index (χ3v) is 7.53. The van der Waals surface area contributed by atoms with Crippen LogP contribution in [0, 0.1) is 19.8 Å². The quantitative estimate of drug-likeness (QED) is 0.731. The molecule has 0 radical (unpaired) electrons. The molecule has 2 aromatic rings. The highest BCUT2D eigenvalue weighted by atomic mass is 32.2. The van der Waals surface area contributed by atoms with Crippen LogP contribution in [0.25, 0.3) is 0 Å². The fourth-order valence-corrected chi connectivity index (χ4v) is 5.96. The summed E-state index contributed by atoms with van der Waals surface area (Å²) in [5.41, 5.74) is 1.32. The van der Waals surface area contributed by atoms with E-state index >= 15 is 0 Å². The number of sulfonamides is 1. The molecule has 1 aliphatic carbocycles. The van der Waals surface area contributed by atoms with Gasteiger partial charge < -0.3 is 0 Å². The first kappa shape index (κ1) is 19.3. The topological polar surface area (TPSA) is 71.5 Å². The van der Waals surface area contributed by atoms with Gasteiger partial charge in [-0.1, -0.05) is 54.1 Å². The zero-order valence-electron chi connectivity index (χ0n) is 16.3. The number of fused-ring (bicyclic) bond motifs is 1. The molecule has 2 aromatic carbocycles. The maximum Gasteiger partial charge on any atom is 0.267 e. The number of carbonyl (C=O) groups is 2. The molecule has 0 aromatic heterocycles. The van der Waals surface area contributed by atoms with Crippen molar-refractivity contribution in [2.75, 3.05) is 0 Å². The standard InChI is InChI=1S/C23H21NO4S/c1-15-7-9-20(10-8-15)29(27,28)24-22(26)17(3)21-14-19(25)11-12-23(21,24)18-6-4-5-16(2)13-18/h4-13,21H,3,14H2,1-2H3/t21-,23+/m1/s1. The third-order valence-electron chi connectivity index (χ3n) is 5.72. The average molecular weight is 407 g/mol. The summed E-state index contributed by atoms with van der Waals surface area (Å²) < 4.78 is 28.2. The number of allylic oxidation sites excluding steroid dienone is 1. The Hall–Kier alpha value is -2.99. The van der Waals surface area contributed by atoms with E-state index in [1.807, 2.05) is 32.0 Å². The van der Waals surface area contributed by atoms with Crippen LogP contribution in [0.15, 0.2) is 77.7 Å². The third kappa shape index (κ3) is 2.78. The van der Waals surface area contributed by atoms with Gasteiger partial charge in [0.15, 0.2) is 5.78 Å². The Labute approximate surface area is 170 Å². The van der Waals surface area contributed by atoms with Gasteiger partial charge in [0.25, 0.3) is 15.9 Å². The minimum absolute atomic E-state index is 0.0298. The van der Waals surface area contributed by atoms with E-state index in [9.17, 15) is 18.0 Å². The number of rotatable bonds is 3. The van der Waals surface area contributed by atoms with Crippen LogP contribution in [0.2, 0.25) is 0 Å². The molecule has 2 aliphatic rings. The van der Waals surface area contributed by atoms with E-state index in [4.69, 9.17) is 0 Å². The van der Waals surface area contributed by atoms with E-state index < -0.39 is 27.4 Å². The van der Waals surface area contributed by atoms with Crippen LogP contribution >= 0.6 is 0 Å². The lowest BCUT2D eigenvalue weighted by molar-refractivity contribution is -0.123. The summed E-state index contributed by atoms with van der Waals surface area (Å²) >= 11 is 0. The van der Waals surface area contributed by atoms with Gasteiger partial charge >= 0.3 is 0 Å². The molecule has 0 saturated carbocycles. The maximum atomic E-state index is 13.6. The van der Waals surface area contributed by atoms with Gasteiger partial charge in [-0.2, -0.15) is 0 Å². The Bertz CT molecular complexity index is 1180. The van der Waals surface area contributed by atoms with Crippen LogP contribution in [-0.2, 0) is 25.2 Å². The van der Waals surface area contributed by atoms with Gasteiger partial charge in [-0.15, -0.1) is 0 Å². The molecule has 0 N–H and O–H groups in total. The Balaban J connectivity index is 2.02. The number of carbonyl (C=O) groups excluding carboxylic acids is 2. The summed E-state index contributed by atoms with van der Waals surface area (Å²) in [5, 5.41) is 0. The molecule has 6 heteroatoms. The number of ketones is 1. The van der Waals surface area contributed by atoms with Crippen molar-refractivity contribution in [3.63, 3.8) is 0 Å². The molecule has 148 valence electrons. The molecular formula is C23H21NO4S. The summed E-state index contributed by atoms with van der Waals surface area (Å²) in [6.07, 6.45) is 2.97. The molecule has 2 atom stereocenters. The lowest BCUT2D eigenvalue weighted by Crippen LogP contribution is -2.50. The second kappa shape index (κ2) is 6.52. The van der Waals surface area contributed by atoms with Gasteiger partial charge in [0.1, 0.15) is 5.54 Å². The maximum absolute atomic E-state index is 13.6. The van der Waals surface area contributed by atoms with Crippen molar-refractivity contribution in [3.8, 4) is 0 Å². The van der Waals surface area contributed by atoms with Crippen LogP contribution in [0.3, 0.4) is 0 Å². The SMILES string of the molecule is C=C1C(=O)N(S(=O)(=O)c2ccc(C)cc2)[C@]2(c3cccc(C)c3)C=CC(=O)C[C@H]12. The summed E-state index contributed by atoms with van der Waals surface area (Å²) in [6.45, 7) is 7.64. The highest BCUT2D eigenvalue weighted by Crippen LogP contribution is 2.53. The summed E-state index contributed by atoms with van der Waals surface area (Å²) in [7, 11) is -4.18. The van der Waals surface area contributed by atoms with E-state index in [1.54, 1.807) is 24.3 Å². The first-order valence-electron chi connectivity index (χ1n) is 9.32. The lowest BCUT2D eigenvalue weighted by atomic mass is 9.72. The van der Waals surface area contributed by atoms with Gasteiger partial charge in [0.05, 0.1) is 4.90 Å². The monoisotopic (exact) mass is 407 g/mol. The molecule has 5 nitrogen and oxygen atoms in total. The predicted molar refractivity (Wildman–Crippen MR) is 109 cm³/mol. The van der Waals surface area contributed by atoms with Crippen LogP contribution in [-0.4, -0.2) is 24.4 Å². The minimum Gasteiger partial charge on any atom is -0.295 e. The number of hydrogen-bond donors (Lipinski definition) is 0. The molecular weight excluding hydrogens is 386 g/mol. The number of amides is 1. The normalized spacial score (nSPS) is 24.1. The van der Waals surface area contributed by atoms with Crippen LogP contribution < -0.4 is 0 Å². The van der Waals surface area contributed by atoms with Crippen LogP contribution in [0.4, 0.5) is 0 Å². The van der Waals surface area contributed by atoms with Crippen molar-refractivity contribution in [1.29, 1.82) is 0 Å². The number of nitrogens with zero attached hydrogens (tertiary/aromatic N) is 1. The second-order valence-corrected chi connectivity index (χ2v) is 9.45. The van der Waals surface area contributed by atoms with E-state index in [2.05, 4.69) is 6.58 Å². The van der Waals surface area contributed by atoms with Crippen molar-refractivity contribution in [2.45, 2.75) is 30.7 Å². The van der Waals surface area contributed by atoms with E-state index in [-0.39, 0.29) is 22.7 Å². The molecule has 0 unspecified atom stereocenters. The van der Waals surface area contributed by atoms with Crippen molar-refractivity contribution in [2.24, 2.45) is 5.92 Å². The van der Waals surface area contributed by atoms with Crippen molar-refractivity contribution >= 4 is 21.7 Å². The Morgan fingerprint density at radius 2 is 1.72 bits per heavy atom. The van der Waals surface area contributed by atoms with Gasteiger partial charge in [-0.25, -0.2) is 12.7 Å². The van der Waals surface area contributed by atoms with Gasteiger partial charge in [-0.3, -0.25) is 9.59 Å². The van der Waals surface area contributed by atoms with Crippen molar-refractivity contribution in [3.05, 3.63) is 89.5 Å². The van der Waals surface area contributed by atoms with E-state index in [0.717, 1.165) is 15.4 Å². The minimum atomic E-state index is -4.18. The molecule has 4 rings (SSSR count). The zero-order chi connectivity index (χ0) is 21.0. The van der Waals surface area contributed by atoms with Gasteiger partial charge in [0.2, 0.25) is 0 Å². The predicted octanol–water partition coefficient (Wildman–Crippen LogP) is 3.43. The average Bonchev–Trinajstić information content (AvgIpc) is 2.91. The Morgan fingerprint density at radius 1 is 1.03 bits per heavy atom. The number of hydrogen-bond acceptors (Lipinski definition) is 4. The highest BCUT2D eigenvalue weighted by Gasteiger charge is 2.60. The number of aryl methyl sites for hydroxylation is 2. The first-order valence-corrected chi connectivity index (χ1v) is 10.8. The Kier molecular flexibility index (Phi) is 4.35. The van der Waals surface area contributed by atoms with Gasteiger partial charge in [-0.05, 0) is 43.7 Å². The summed E-state index contributed by atoms with van der Waals surface area (Å²) in [5.74, 6) is -1.47. The highest BCUT2D eigenvalue weighted by molar-refractivity contribution is 7.89. The lowest BCUT2D eigenvalue weighted by Gasteiger charge is -2.40. The molecule has 1 fully saturated rings. The molecule has 29 heavy (non-hydrogen) atoms. The second-order valence-electron chi connectivity index (χ2n) is 7.66. The van der Waals surface area contributed by atoms with E-state index in [1.165, 1.54) is 18.2 Å². The zero-order valence-corrected chi connectivity index (χ0v) is 17.1. The largest absolute Gasteiger partial charge is 0.295 e. The molecule has 0 bridgehead atoms. The summed E-state index contributed by atoms with van der Waals surface area (Å²) in [4.78, 5) is 25.4. The smallest absolute Gasteiger partial charge is 0.267 e. The van der Waals surface area contributed by atoms with E-state index in [0.29, 0.717) is 5.56 Å². The number of benzene rings is 2. The molecule has 0 spiro atoms. The van der Waals surface area contributed by atoms with Crippen molar-refractivity contribution in [1.82, 2.24) is 4.31 Å². The molecule has 1 saturated heterocycles. The summed E-state index contributed by atoms with van der Waals surface area (Å²) in [6, 6.07) is 13.8. The molecule has 1 heterocycles. The fraction of sp³-hybridized carbons (Fsp3) is 0.217. The van der Waals surface area contributed by atoms with Crippen LogP contribution in [0.5, 0.6) is 0 Å². The molecule has 1 amide bonds. The first-order chi connectivity index (χ1) is 13.7.